The number of ether oxygens (including phenoxy) is 2. The number of carbonyl (C=O) groups excluding carboxylic acids is 1. The highest BCUT2D eigenvalue weighted by Gasteiger charge is 2.13. The van der Waals surface area contributed by atoms with Gasteiger partial charge in [0, 0.05) is 13.0 Å². The van der Waals surface area contributed by atoms with Crippen LogP contribution in [0.3, 0.4) is 0 Å². The number of hydrogen-bond acceptors (Lipinski definition) is 4. The van der Waals surface area contributed by atoms with E-state index < -0.39 is 6.10 Å². The fraction of sp³-hybridized carbons (Fsp3) is 0.979. The molecule has 0 fully saturated rings. The zero-order valence-corrected chi connectivity index (χ0v) is 35.2. The number of unbranched alkanes of at least 4 members (excludes halogenated alkanes) is 37. The fourth-order valence-electron chi connectivity index (χ4n) is 7.39. The minimum Gasteiger partial charge on any atom is -0.457 e. The van der Waals surface area contributed by atoms with Gasteiger partial charge in [-0.25, -0.2) is 0 Å². The lowest BCUT2D eigenvalue weighted by atomic mass is 10.0. The maximum atomic E-state index is 12.2. The second-order valence-electron chi connectivity index (χ2n) is 16.2. The molecule has 1 N–H and O–H groups in total. The van der Waals surface area contributed by atoms with E-state index >= 15 is 0 Å². The van der Waals surface area contributed by atoms with E-state index in [-0.39, 0.29) is 12.6 Å². The molecule has 1 atom stereocenters. The van der Waals surface area contributed by atoms with Gasteiger partial charge in [0.1, 0.15) is 6.10 Å². The summed E-state index contributed by atoms with van der Waals surface area (Å²) in [5.41, 5.74) is 0. The van der Waals surface area contributed by atoms with Crippen molar-refractivity contribution in [1.29, 1.82) is 0 Å². The summed E-state index contributed by atoms with van der Waals surface area (Å²) in [6.45, 7) is 5.41. The van der Waals surface area contributed by atoms with Gasteiger partial charge in [-0.2, -0.15) is 0 Å². The molecule has 306 valence electrons. The van der Waals surface area contributed by atoms with Crippen molar-refractivity contribution in [3.63, 3.8) is 0 Å². The number of aliphatic hydroxyl groups excluding tert-OH is 1. The van der Waals surface area contributed by atoms with Crippen molar-refractivity contribution in [2.24, 2.45) is 0 Å². The Kier molecular flexibility index (Phi) is 45.0. The Morgan fingerprint density at radius 2 is 0.647 bits per heavy atom. The molecule has 0 aliphatic carbocycles. The lowest BCUT2D eigenvalue weighted by Crippen LogP contribution is -2.27. The molecule has 0 aromatic heterocycles. The first-order valence-corrected chi connectivity index (χ1v) is 23.6. The molecule has 0 bridgehead atoms. The molecule has 0 rings (SSSR count). The quantitative estimate of drug-likeness (QED) is 0.0502. The number of esters is 1. The molecule has 4 nitrogen and oxygen atoms in total. The van der Waals surface area contributed by atoms with E-state index in [4.69, 9.17) is 9.47 Å². The molecule has 0 aliphatic rings. The van der Waals surface area contributed by atoms with Crippen LogP contribution in [0.15, 0.2) is 0 Å². The Morgan fingerprint density at radius 3 is 0.922 bits per heavy atom. The van der Waals surface area contributed by atoms with Crippen LogP contribution in [0.5, 0.6) is 0 Å². The molecule has 0 saturated heterocycles. The average Bonchev–Trinajstić information content (AvgIpc) is 3.14. The Balaban J connectivity index is 3.33. The predicted molar refractivity (Wildman–Crippen MR) is 224 cm³/mol. The molecule has 1 unspecified atom stereocenters. The fourth-order valence-corrected chi connectivity index (χ4v) is 7.39. The van der Waals surface area contributed by atoms with Gasteiger partial charge in [0.05, 0.1) is 13.2 Å². The van der Waals surface area contributed by atoms with E-state index in [2.05, 4.69) is 13.8 Å². The molecule has 0 aliphatic heterocycles. The highest BCUT2D eigenvalue weighted by molar-refractivity contribution is 5.69. The normalized spacial score (nSPS) is 12.1. The van der Waals surface area contributed by atoms with E-state index in [9.17, 15) is 9.90 Å². The van der Waals surface area contributed by atoms with Crippen molar-refractivity contribution in [2.75, 3.05) is 19.8 Å². The van der Waals surface area contributed by atoms with E-state index in [0.29, 0.717) is 19.6 Å². The SMILES string of the molecule is CCCCCCCCCCCCCCCCCCCCCCCCOCC(CO)OC(=O)CCCCCCCCCCCCCCCCCCC. The molecule has 0 amide bonds. The Hall–Kier alpha value is -0.610. The molecule has 51 heavy (non-hydrogen) atoms. The summed E-state index contributed by atoms with van der Waals surface area (Å²) in [4.78, 5) is 12.2. The third-order valence-electron chi connectivity index (χ3n) is 10.9. The first-order chi connectivity index (χ1) is 25.2. The van der Waals surface area contributed by atoms with Gasteiger partial charge in [0.25, 0.3) is 0 Å². The molecule has 0 radical (unpaired) electrons. The lowest BCUT2D eigenvalue weighted by Gasteiger charge is -2.16. The summed E-state index contributed by atoms with van der Waals surface area (Å²) < 4.78 is 11.2. The summed E-state index contributed by atoms with van der Waals surface area (Å²) in [7, 11) is 0. The first kappa shape index (κ1) is 50.4. The van der Waals surface area contributed by atoms with E-state index in [0.717, 1.165) is 19.3 Å². The van der Waals surface area contributed by atoms with Crippen LogP contribution in [-0.4, -0.2) is 37.0 Å². The topological polar surface area (TPSA) is 55.8 Å². The van der Waals surface area contributed by atoms with Crippen LogP contribution in [0.2, 0.25) is 0 Å². The number of carbonyl (C=O) groups is 1. The van der Waals surface area contributed by atoms with Gasteiger partial charge in [-0.05, 0) is 12.8 Å². The van der Waals surface area contributed by atoms with Crippen molar-refractivity contribution in [3.05, 3.63) is 0 Å². The van der Waals surface area contributed by atoms with E-state index in [1.54, 1.807) is 0 Å². The van der Waals surface area contributed by atoms with E-state index in [1.165, 1.54) is 231 Å². The zero-order chi connectivity index (χ0) is 37.0. The van der Waals surface area contributed by atoms with Gasteiger partial charge in [0.15, 0.2) is 0 Å². The summed E-state index contributed by atoms with van der Waals surface area (Å²) in [6.07, 6.45) is 53.2. The van der Waals surface area contributed by atoms with Crippen LogP contribution in [-0.2, 0) is 14.3 Å². The van der Waals surface area contributed by atoms with E-state index in [1.807, 2.05) is 0 Å². The van der Waals surface area contributed by atoms with Crippen molar-refractivity contribution in [3.8, 4) is 0 Å². The van der Waals surface area contributed by atoms with Crippen LogP contribution in [0.25, 0.3) is 0 Å². The van der Waals surface area contributed by atoms with Gasteiger partial charge in [-0.3, -0.25) is 4.79 Å². The third kappa shape index (κ3) is 43.7. The Labute approximate surface area is 321 Å². The molecular formula is C47H94O4. The van der Waals surface area contributed by atoms with Crippen LogP contribution >= 0.6 is 0 Å². The molecular weight excluding hydrogens is 629 g/mol. The molecule has 0 saturated carbocycles. The zero-order valence-electron chi connectivity index (χ0n) is 35.2. The van der Waals surface area contributed by atoms with Gasteiger partial charge >= 0.3 is 5.97 Å². The van der Waals surface area contributed by atoms with Crippen LogP contribution in [0.1, 0.15) is 271 Å². The minimum atomic E-state index is -0.525. The summed E-state index contributed by atoms with van der Waals surface area (Å²) in [6, 6.07) is 0. The highest BCUT2D eigenvalue weighted by atomic mass is 16.6. The van der Waals surface area contributed by atoms with Gasteiger partial charge in [-0.1, -0.05) is 251 Å². The summed E-state index contributed by atoms with van der Waals surface area (Å²) >= 11 is 0. The lowest BCUT2D eigenvalue weighted by molar-refractivity contribution is -0.154. The van der Waals surface area contributed by atoms with Crippen molar-refractivity contribution in [1.82, 2.24) is 0 Å². The largest absolute Gasteiger partial charge is 0.457 e. The average molecular weight is 723 g/mol. The highest BCUT2D eigenvalue weighted by Crippen LogP contribution is 2.17. The monoisotopic (exact) mass is 723 g/mol. The number of rotatable bonds is 45. The number of aliphatic hydroxyl groups is 1. The first-order valence-electron chi connectivity index (χ1n) is 23.6. The van der Waals surface area contributed by atoms with Crippen molar-refractivity contribution in [2.45, 2.75) is 277 Å². The molecule has 0 aromatic rings. The second kappa shape index (κ2) is 45.5. The Bertz CT molecular complexity index is 638. The molecule has 0 spiro atoms. The van der Waals surface area contributed by atoms with Crippen molar-refractivity contribution < 1.29 is 19.4 Å². The maximum absolute atomic E-state index is 12.2. The van der Waals surface area contributed by atoms with Crippen molar-refractivity contribution >= 4 is 5.97 Å². The van der Waals surface area contributed by atoms with Crippen LogP contribution in [0, 0.1) is 0 Å². The van der Waals surface area contributed by atoms with Crippen LogP contribution < -0.4 is 0 Å². The van der Waals surface area contributed by atoms with Gasteiger partial charge < -0.3 is 14.6 Å². The Morgan fingerprint density at radius 1 is 0.392 bits per heavy atom. The van der Waals surface area contributed by atoms with Crippen LogP contribution in [0.4, 0.5) is 0 Å². The minimum absolute atomic E-state index is 0.163. The summed E-state index contributed by atoms with van der Waals surface area (Å²) in [5, 5.41) is 9.62. The second-order valence-corrected chi connectivity index (χ2v) is 16.2. The smallest absolute Gasteiger partial charge is 0.306 e. The standard InChI is InChI=1S/C47H94O4/c1-3-5-7-9-11-13-15-17-19-21-22-23-24-25-27-29-31-33-35-37-39-41-43-50-45-46(44-48)51-47(49)42-40-38-36-34-32-30-28-26-20-18-16-14-12-10-8-6-4-2/h46,48H,3-45H2,1-2H3. The molecule has 0 aromatic carbocycles. The van der Waals surface area contributed by atoms with Gasteiger partial charge in [-0.15, -0.1) is 0 Å². The third-order valence-corrected chi connectivity index (χ3v) is 10.9. The summed E-state index contributed by atoms with van der Waals surface area (Å²) in [5.74, 6) is -0.192. The maximum Gasteiger partial charge on any atom is 0.306 e. The predicted octanol–water partition coefficient (Wildman–Crippen LogP) is 15.6. The van der Waals surface area contributed by atoms with Gasteiger partial charge in [0.2, 0.25) is 0 Å². The molecule has 4 heteroatoms. The number of hydrogen-bond donors (Lipinski definition) is 1. The molecule has 0 heterocycles.